The minimum Gasteiger partial charge on any atom is -0.0780 e. The molecule has 0 bridgehead atoms. The van der Waals surface area contributed by atoms with Gasteiger partial charge in [0.25, 0.3) is 0 Å². The average molecular weight is 482 g/mol. The maximum Gasteiger partial charge on any atom is 0.0727 e. The first-order chi connectivity index (χ1) is 8.11. The Hall–Kier alpha value is 0.360. The van der Waals surface area contributed by atoms with Crippen molar-refractivity contribution in [3.05, 3.63) is 50.4 Å². The molecule has 0 heterocycles. The summed E-state index contributed by atoms with van der Waals surface area (Å²) in [7, 11) is 0. The number of benzene rings is 2. The fraction of sp³-hybridized carbons (Fsp3) is 0.0769. The molecule has 0 radical (unpaired) electrons. The van der Waals surface area contributed by atoms with Gasteiger partial charge in [-0.1, -0.05) is 72.1 Å². The second-order valence-corrected chi connectivity index (χ2v) is 7.31. The largest absolute Gasteiger partial charge is 0.0780 e. The molecule has 2 aromatic carbocycles. The Kier molecular flexibility index (Phi) is 3.27. The molecule has 1 aliphatic carbocycles. The van der Waals surface area contributed by atoms with Crippen molar-refractivity contribution >= 4 is 79.0 Å². The Morgan fingerprint density at radius 3 is 2.47 bits per heavy atom. The second-order valence-electron chi connectivity index (χ2n) is 3.89. The van der Waals surface area contributed by atoms with Gasteiger partial charge in [0.1, 0.15) is 0 Å². The van der Waals surface area contributed by atoms with Crippen LogP contribution < -0.4 is 0 Å². The summed E-state index contributed by atoms with van der Waals surface area (Å²) in [4.78, 5) is 0.211. The fourth-order valence-corrected chi connectivity index (χ4v) is 4.97. The molecule has 1 atom stereocenters. The van der Waals surface area contributed by atoms with E-state index in [0.717, 1.165) is 13.4 Å². The first-order valence-corrected chi connectivity index (χ1v) is 8.31. The van der Waals surface area contributed by atoms with Crippen LogP contribution in [0.1, 0.15) is 16.0 Å². The first-order valence-electron chi connectivity index (χ1n) is 5.02. The standard InChI is InChI=1S/C13H6Br4/c14-8-5-4-6-2-1-3-7-9(6)10(8)12(16)13(17)11(7)15/h1-5,11H. The molecular formula is C13H6Br4. The number of halogens is 4. The molecule has 0 amide bonds. The maximum absolute atomic E-state index is 3.73. The zero-order valence-corrected chi connectivity index (χ0v) is 14.8. The van der Waals surface area contributed by atoms with Gasteiger partial charge in [-0.05, 0) is 38.3 Å². The molecule has 17 heavy (non-hydrogen) atoms. The molecule has 0 nitrogen and oxygen atoms in total. The third-order valence-electron chi connectivity index (χ3n) is 2.95. The summed E-state index contributed by atoms with van der Waals surface area (Å²) < 4.78 is 3.35. The van der Waals surface area contributed by atoms with E-state index in [2.05, 4.69) is 94.1 Å². The molecule has 0 fully saturated rings. The quantitative estimate of drug-likeness (QED) is 0.376. The van der Waals surface area contributed by atoms with Gasteiger partial charge in [0.05, 0.1) is 4.83 Å². The second kappa shape index (κ2) is 4.48. The minimum absolute atomic E-state index is 0.211. The van der Waals surface area contributed by atoms with E-state index in [0.29, 0.717) is 0 Å². The lowest BCUT2D eigenvalue weighted by Gasteiger charge is -2.23. The molecule has 86 valence electrons. The number of alkyl halides is 1. The van der Waals surface area contributed by atoms with Gasteiger partial charge in [-0.3, -0.25) is 0 Å². The number of hydrogen-bond acceptors (Lipinski definition) is 0. The lowest BCUT2D eigenvalue weighted by Crippen LogP contribution is -2.01. The van der Waals surface area contributed by atoms with Crippen LogP contribution in [-0.4, -0.2) is 0 Å². The van der Waals surface area contributed by atoms with Gasteiger partial charge in [-0.2, -0.15) is 0 Å². The van der Waals surface area contributed by atoms with Crippen LogP contribution in [-0.2, 0) is 0 Å². The zero-order chi connectivity index (χ0) is 12.2. The molecule has 4 heteroatoms. The number of allylic oxidation sites excluding steroid dienone is 1. The summed E-state index contributed by atoms with van der Waals surface area (Å²) in [6.45, 7) is 0. The van der Waals surface area contributed by atoms with Gasteiger partial charge < -0.3 is 0 Å². The Balaban J connectivity index is 2.56. The van der Waals surface area contributed by atoms with Crippen molar-refractivity contribution in [3.63, 3.8) is 0 Å². The third-order valence-corrected chi connectivity index (χ3v) is 7.39. The van der Waals surface area contributed by atoms with Gasteiger partial charge in [0.2, 0.25) is 0 Å². The van der Waals surface area contributed by atoms with Crippen molar-refractivity contribution in [3.8, 4) is 0 Å². The van der Waals surface area contributed by atoms with Gasteiger partial charge in [0.15, 0.2) is 0 Å². The Labute approximate surface area is 133 Å². The van der Waals surface area contributed by atoms with Crippen LogP contribution in [0.4, 0.5) is 0 Å². The lowest BCUT2D eigenvalue weighted by molar-refractivity contribution is 1.25. The molecule has 3 rings (SSSR count). The monoisotopic (exact) mass is 478 g/mol. The predicted octanol–water partition coefficient (Wildman–Crippen LogP) is 6.51. The maximum atomic E-state index is 3.73. The van der Waals surface area contributed by atoms with E-state index in [1.54, 1.807) is 0 Å². The normalized spacial score (nSPS) is 18.9. The summed E-state index contributed by atoms with van der Waals surface area (Å²) in [5, 5.41) is 2.57. The summed E-state index contributed by atoms with van der Waals surface area (Å²) in [6, 6.07) is 10.7. The lowest BCUT2D eigenvalue weighted by atomic mass is 9.93. The highest BCUT2D eigenvalue weighted by atomic mass is 79.9. The third kappa shape index (κ3) is 1.79. The van der Waals surface area contributed by atoms with E-state index in [4.69, 9.17) is 0 Å². The first kappa shape index (κ1) is 12.4. The van der Waals surface area contributed by atoms with Crippen LogP contribution in [0.3, 0.4) is 0 Å². The van der Waals surface area contributed by atoms with Gasteiger partial charge in [-0.15, -0.1) is 0 Å². The minimum atomic E-state index is 0.211. The molecule has 1 unspecified atom stereocenters. The molecular weight excluding hydrogens is 476 g/mol. The molecule has 1 aliphatic rings. The molecule has 0 N–H and O–H groups in total. The van der Waals surface area contributed by atoms with Crippen LogP contribution in [0.2, 0.25) is 0 Å². The summed E-state index contributed by atoms with van der Waals surface area (Å²) in [6.07, 6.45) is 0. The molecule has 0 spiro atoms. The van der Waals surface area contributed by atoms with E-state index in [1.165, 1.54) is 21.9 Å². The van der Waals surface area contributed by atoms with E-state index in [-0.39, 0.29) is 4.83 Å². The summed E-state index contributed by atoms with van der Waals surface area (Å²) in [5.74, 6) is 0. The van der Waals surface area contributed by atoms with Gasteiger partial charge in [-0.25, -0.2) is 0 Å². The Morgan fingerprint density at radius 1 is 0.941 bits per heavy atom. The zero-order valence-electron chi connectivity index (χ0n) is 8.48. The highest BCUT2D eigenvalue weighted by Gasteiger charge is 2.26. The number of rotatable bonds is 0. The van der Waals surface area contributed by atoms with E-state index in [9.17, 15) is 0 Å². The van der Waals surface area contributed by atoms with Crippen LogP contribution in [0.5, 0.6) is 0 Å². The number of hydrogen-bond donors (Lipinski definition) is 0. The smallest absolute Gasteiger partial charge is 0.0727 e. The van der Waals surface area contributed by atoms with E-state index >= 15 is 0 Å². The molecule has 0 aliphatic heterocycles. The Bertz CT molecular complexity index is 658. The predicted molar refractivity (Wildman–Crippen MR) is 88.1 cm³/mol. The highest BCUT2D eigenvalue weighted by Crippen LogP contribution is 2.51. The van der Waals surface area contributed by atoms with Crippen molar-refractivity contribution < 1.29 is 0 Å². The van der Waals surface area contributed by atoms with Gasteiger partial charge in [0, 0.05) is 19.0 Å². The Morgan fingerprint density at radius 2 is 1.71 bits per heavy atom. The highest BCUT2D eigenvalue weighted by molar-refractivity contribution is 9.17. The summed E-state index contributed by atoms with van der Waals surface area (Å²) >= 11 is 14.7. The summed E-state index contributed by atoms with van der Waals surface area (Å²) in [5.41, 5.74) is 2.52. The van der Waals surface area contributed by atoms with Crippen molar-refractivity contribution in [1.29, 1.82) is 0 Å². The SMILES string of the molecule is BrC1=C(Br)C(Br)c2cccc3ccc(Br)c1c23. The van der Waals surface area contributed by atoms with Gasteiger partial charge >= 0.3 is 0 Å². The van der Waals surface area contributed by atoms with Crippen LogP contribution in [0.25, 0.3) is 15.3 Å². The van der Waals surface area contributed by atoms with Crippen molar-refractivity contribution in [2.24, 2.45) is 0 Å². The molecule has 0 aromatic heterocycles. The van der Waals surface area contributed by atoms with Crippen molar-refractivity contribution in [2.75, 3.05) is 0 Å². The molecule has 0 saturated carbocycles. The molecule has 2 aromatic rings. The fourth-order valence-electron chi connectivity index (χ4n) is 2.18. The topological polar surface area (TPSA) is 0 Å². The van der Waals surface area contributed by atoms with Crippen LogP contribution in [0, 0.1) is 0 Å². The van der Waals surface area contributed by atoms with Crippen LogP contribution >= 0.6 is 63.7 Å². The molecule has 0 saturated heterocycles. The van der Waals surface area contributed by atoms with E-state index in [1.807, 2.05) is 0 Å². The average Bonchev–Trinajstić information content (AvgIpc) is 2.34. The van der Waals surface area contributed by atoms with Crippen molar-refractivity contribution in [1.82, 2.24) is 0 Å². The van der Waals surface area contributed by atoms with Crippen LogP contribution in [0.15, 0.2) is 39.3 Å². The van der Waals surface area contributed by atoms with Crippen molar-refractivity contribution in [2.45, 2.75) is 4.83 Å². The van der Waals surface area contributed by atoms with E-state index < -0.39 is 0 Å².